The lowest BCUT2D eigenvalue weighted by atomic mass is 9.94. The van der Waals surface area contributed by atoms with E-state index in [1.807, 2.05) is 0 Å². The fourth-order valence-electron chi connectivity index (χ4n) is 3.23. The lowest BCUT2D eigenvalue weighted by molar-refractivity contribution is -0.0630. The zero-order valence-corrected chi connectivity index (χ0v) is 12.6. The van der Waals surface area contributed by atoms with Gasteiger partial charge in [0.05, 0.1) is 5.60 Å². The van der Waals surface area contributed by atoms with E-state index in [1.165, 1.54) is 16.5 Å². The van der Waals surface area contributed by atoms with E-state index in [-0.39, 0.29) is 5.60 Å². The number of aromatic nitrogens is 1. The molecular weight excluding hydrogens is 248 g/mol. The lowest BCUT2D eigenvalue weighted by Crippen LogP contribution is -2.43. The summed E-state index contributed by atoms with van der Waals surface area (Å²) in [5, 5.41) is 5.06. The summed E-state index contributed by atoms with van der Waals surface area (Å²) in [7, 11) is 2.11. The van der Waals surface area contributed by atoms with Crippen molar-refractivity contribution in [3.8, 4) is 0 Å². The number of para-hydroxylation sites is 1. The maximum absolute atomic E-state index is 5.78. The highest BCUT2D eigenvalue weighted by Gasteiger charge is 2.28. The van der Waals surface area contributed by atoms with Crippen LogP contribution in [0.25, 0.3) is 10.9 Å². The van der Waals surface area contributed by atoms with E-state index >= 15 is 0 Å². The maximum atomic E-state index is 5.78. The minimum absolute atomic E-state index is 0.00860. The molecule has 1 atom stereocenters. The molecule has 0 spiro atoms. The molecule has 0 saturated carbocycles. The van der Waals surface area contributed by atoms with E-state index in [9.17, 15) is 0 Å². The van der Waals surface area contributed by atoms with Crippen LogP contribution in [-0.2, 0) is 18.3 Å². The molecule has 3 rings (SSSR count). The highest BCUT2D eigenvalue weighted by Crippen LogP contribution is 2.25. The van der Waals surface area contributed by atoms with E-state index in [1.54, 1.807) is 0 Å². The van der Waals surface area contributed by atoms with Gasteiger partial charge in [0, 0.05) is 43.3 Å². The zero-order chi connectivity index (χ0) is 14.2. The number of hydrogen-bond acceptors (Lipinski definition) is 2. The van der Waals surface area contributed by atoms with Crippen LogP contribution in [0.5, 0.6) is 0 Å². The number of hydrogen-bond donors (Lipinski definition) is 1. The van der Waals surface area contributed by atoms with E-state index < -0.39 is 0 Å². The number of benzene rings is 1. The first kappa shape index (κ1) is 13.7. The van der Waals surface area contributed by atoms with Gasteiger partial charge in [-0.15, -0.1) is 0 Å². The third-order valence-electron chi connectivity index (χ3n) is 4.26. The van der Waals surface area contributed by atoms with Gasteiger partial charge in [-0.1, -0.05) is 18.2 Å². The number of rotatable bonds is 3. The highest BCUT2D eigenvalue weighted by atomic mass is 16.5. The summed E-state index contributed by atoms with van der Waals surface area (Å²) >= 11 is 0. The van der Waals surface area contributed by atoms with E-state index in [0.29, 0.717) is 6.04 Å². The molecule has 2 heterocycles. The summed E-state index contributed by atoms with van der Waals surface area (Å²) in [6, 6.07) is 9.15. The second-order valence-corrected chi connectivity index (χ2v) is 6.46. The van der Waals surface area contributed by atoms with Crippen molar-refractivity contribution in [3.05, 3.63) is 36.0 Å². The number of ether oxygens (including phenoxy) is 1. The standard InChI is InChI=1S/C17H24N2O/c1-17(2)10-14(8-9-20-17)18-11-13-12-19(3)16-7-5-4-6-15(13)16/h4-7,12,14,18H,8-11H2,1-3H3. The highest BCUT2D eigenvalue weighted by molar-refractivity contribution is 5.83. The van der Waals surface area contributed by atoms with Crippen molar-refractivity contribution in [2.24, 2.45) is 7.05 Å². The smallest absolute Gasteiger partial charge is 0.0641 e. The van der Waals surface area contributed by atoms with Gasteiger partial charge in [-0.3, -0.25) is 0 Å². The minimum Gasteiger partial charge on any atom is -0.375 e. The van der Waals surface area contributed by atoms with Gasteiger partial charge in [0.2, 0.25) is 0 Å². The van der Waals surface area contributed by atoms with Crippen LogP contribution >= 0.6 is 0 Å². The summed E-state index contributed by atoms with van der Waals surface area (Å²) in [4.78, 5) is 0. The van der Waals surface area contributed by atoms with Crippen LogP contribution in [0.3, 0.4) is 0 Å². The molecule has 1 N–H and O–H groups in total. The van der Waals surface area contributed by atoms with Crippen molar-refractivity contribution >= 4 is 10.9 Å². The summed E-state index contributed by atoms with van der Waals surface area (Å²) in [6.45, 7) is 6.15. The van der Waals surface area contributed by atoms with Gasteiger partial charge in [0.25, 0.3) is 0 Å². The van der Waals surface area contributed by atoms with Crippen molar-refractivity contribution in [1.82, 2.24) is 9.88 Å². The predicted molar refractivity (Wildman–Crippen MR) is 82.8 cm³/mol. The Morgan fingerprint density at radius 3 is 2.95 bits per heavy atom. The van der Waals surface area contributed by atoms with Crippen molar-refractivity contribution in [3.63, 3.8) is 0 Å². The Hall–Kier alpha value is -1.32. The second kappa shape index (κ2) is 5.23. The normalized spacial score (nSPS) is 22.2. The molecule has 3 nitrogen and oxygen atoms in total. The van der Waals surface area contributed by atoms with Crippen molar-refractivity contribution < 1.29 is 4.74 Å². The van der Waals surface area contributed by atoms with Gasteiger partial charge in [-0.05, 0) is 38.3 Å². The van der Waals surface area contributed by atoms with Gasteiger partial charge in [-0.25, -0.2) is 0 Å². The Kier molecular flexibility index (Phi) is 3.57. The maximum Gasteiger partial charge on any atom is 0.0641 e. The molecule has 0 radical (unpaired) electrons. The Morgan fingerprint density at radius 1 is 1.35 bits per heavy atom. The Labute approximate surface area is 120 Å². The molecule has 0 amide bonds. The van der Waals surface area contributed by atoms with Crippen LogP contribution in [0, 0.1) is 0 Å². The topological polar surface area (TPSA) is 26.2 Å². The molecule has 1 fully saturated rings. The van der Waals surface area contributed by atoms with E-state index in [0.717, 1.165) is 26.0 Å². The number of fused-ring (bicyclic) bond motifs is 1. The van der Waals surface area contributed by atoms with E-state index in [4.69, 9.17) is 4.74 Å². The van der Waals surface area contributed by atoms with Crippen molar-refractivity contribution in [2.75, 3.05) is 6.61 Å². The fourth-order valence-corrected chi connectivity index (χ4v) is 3.23. The molecule has 1 aliphatic rings. The average molecular weight is 272 g/mol. The molecule has 1 saturated heterocycles. The first-order valence-electron chi connectivity index (χ1n) is 7.45. The van der Waals surface area contributed by atoms with Gasteiger partial charge in [-0.2, -0.15) is 0 Å². The molecule has 3 heteroatoms. The minimum atomic E-state index is 0.00860. The number of nitrogens with zero attached hydrogens (tertiary/aromatic N) is 1. The lowest BCUT2D eigenvalue weighted by Gasteiger charge is -2.36. The van der Waals surface area contributed by atoms with Crippen molar-refractivity contribution in [2.45, 2.75) is 44.9 Å². The molecule has 108 valence electrons. The molecule has 0 aliphatic carbocycles. The van der Waals surface area contributed by atoms with Crippen LogP contribution in [0.2, 0.25) is 0 Å². The van der Waals surface area contributed by atoms with Gasteiger partial charge in [0.15, 0.2) is 0 Å². The molecule has 2 aromatic rings. The third kappa shape index (κ3) is 2.74. The molecule has 1 unspecified atom stereocenters. The van der Waals surface area contributed by atoms with Crippen LogP contribution in [0.15, 0.2) is 30.5 Å². The van der Waals surface area contributed by atoms with Crippen LogP contribution < -0.4 is 5.32 Å². The monoisotopic (exact) mass is 272 g/mol. The predicted octanol–water partition coefficient (Wildman–Crippen LogP) is 3.23. The molecule has 1 aromatic heterocycles. The summed E-state index contributed by atoms with van der Waals surface area (Å²) in [5.74, 6) is 0. The first-order valence-corrected chi connectivity index (χ1v) is 7.45. The summed E-state index contributed by atoms with van der Waals surface area (Å²) in [5.41, 5.74) is 2.69. The largest absolute Gasteiger partial charge is 0.375 e. The summed E-state index contributed by atoms with van der Waals surface area (Å²) < 4.78 is 7.99. The van der Waals surface area contributed by atoms with E-state index in [2.05, 4.69) is 61.2 Å². The summed E-state index contributed by atoms with van der Waals surface area (Å²) in [6.07, 6.45) is 4.42. The second-order valence-electron chi connectivity index (χ2n) is 6.46. The molecular formula is C17H24N2O. The van der Waals surface area contributed by atoms with Gasteiger partial charge in [0.1, 0.15) is 0 Å². The molecule has 0 bridgehead atoms. The average Bonchev–Trinajstić information content (AvgIpc) is 2.73. The van der Waals surface area contributed by atoms with Crippen LogP contribution in [0.1, 0.15) is 32.3 Å². The molecule has 1 aliphatic heterocycles. The van der Waals surface area contributed by atoms with Crippen LogP contribution in [0.4, 0.5) is 0 Å². The first-order chi connectivity index (χ1) is 9.55. The Morgan fingerprint density at radius 2 is 2.15 bits per heavy atom. The van der Waals surface area contributed by atoms with Gasteiger partial charge >= 0.3 is 0 Å². The molecule has 20 heavy (non-hydrogen) atoms. The quantitative estimate of drug-likeness (QED) is 0.928. The van der Waals surface area contributed by atoms with Crippen LogP contribution in [-0.4, -0.2) is 22.8 Å². The fraction of sp³-hybridized carbons (Fsp3) is 0.529. The third-order valence-corrected chi connectivity index (χ3v) is 4.26. The Bertz CT molecular complexity index is 600. The Balaban J connectivity index is 1.71. The van der Waals surface area contributed by atoms with Gasteiger partial charge < -0.3 is 14.6 Å². The van der Waals surface area contributed by atoms with Crippen molar-refractivity contribution in [1.29, 1.82) is 0 Å². The number of nitrogens with one attached hydrogen (secondary N) is 1. The SMILES string of the molecule is Cn1cc(CNC2CCOC(C)(C)C2)c2ccccc21. The number of aryl methyl sites for hydroxylation is 1. The molecule has 1 aromatic carbocycles. The zero-order valence-electron chi connectivity index (χ0n) is 12.6.